The van der Waals surface area contributed by atoms with Gasteiger partial charge in [-0.1, -0.05) is 90.9 Å². The van der Waals surface area contributed by atoms with Crippen molar-refractivity contribution in [3.05, 3.63) is 0 Å². The zero-order valence-corrected chi connectivity index (χ0v) is 31.1. The highest BCUT2D eigenvalue weighted by Gasteiger charge is 2.64. The van der Waals surface area contributed by atoms with E-state index in [-0.39, 0.29) is 24.2 Å². The molecule has 0 N–H and O–H groups in total. The monoisotopic (exact) mass is 672 g/mol. The zero-order chi connectivity index (χ0) is 33.3. The molecule has 0 amide bonds. The third-order valence-electron chi connectivity index (χ3n) is 9.53. The Morgan fingerprint density at radius 3 is 1.14 bits per heavy atom. The number of rotatable bonds is 26. The van der Waals surface area contributed by atoms with Gasteiger partial charge in [-0.05, 0) is 60.8 Å². The first-order chi connectivity index (χ1) is 20.8. The van der Waals surface area contributed by atoms with Gasteiger partial charge in [0.25, 0.3) is 5.92 Å². The van der Waals surface area contributed by atoms with Crippen LogP contribution < -0.4 is 0 Å². The molecule has 0 spiro atoms. The fourth-order valence-corrected chi connectivity index (χ4v) is 7.58. The molecule has 2 rings (SSSR count). The minimum atomic E-state index is -2.53. The van der Waals surface area contributed by atoms with Gasteiger partial charge in [0.1, 0.15) is 4.33 Å². The molecule has 2 aliphatic rings. The first-order valence-electron chi connectivity index (χ1n) is 18.1. The third kappa shape index (κ3) is 14.6. The van der Waals surface area contributed by atoms with Gasteiger partial charge in [0.2, 0.25) is 0 Å². The van der Waals surface area contributed by atoms with Crippen molar-refractivity contribution in [3.63, 3.8) is 0 Å². The van der Waals surface area contributed by atoms with E-state index in [2.05, 4.69) is 20.8 Å². The summed E-state index contributed by atoms with van der Waals surface area (Å²) in [6.07, 6.45) is 17.5. The Kier molecular flexibility index (Phi) is 20.5. The quantitative estimate of drug-likeness (QED) is 0.0520. The summed E-state index contributed by atoms with van der Waals surface area (Å²) in [6, 6.07) is 0. The molecule has 4 unspecified atom stereocenters. The molecule has 4 atom stereocenters. The molecule has 0 aliphatic heterocycles. The summed E-state index contributed by atoms with van der Waals surface area (Å²) >= 11 is 12.7. The maximum atomic E-state index is 13.6. The SMILES string of the molecule is CCCCCCCCC(C1CC1(Cl)Cl)C(C)(OCC)OCC.CCCCCCCCC(C1CC1(F)F)C(C)(OCC)OCC. The molecule has 0 aromatic rings. The van der Waals surface area contributed by atoms with Gasteiger partial charge in [-0.25, -0.2) is 8.78 Å². The summed E-state index contributed by atoms with van der Waals surface area (Å²) in [7, 11) is 0. The van der Waals surface area contributed by atoms with Crippen molar-refractivity contribution in [1.29, 1.82) is 0 Å². The average molecular weight is 674 g/mol. The van der Waals surface area contributed by atoms with E-state index >= 15 is 0 Å². The molecule has 0 aromatic heterocycles. The lowest BCUT2D eigenvalue weighted by Gasteiger charge is -2.38. The second-order valence-corrected chi connectivity index (χ2v) is 14.8. The van der Waals surface area contributed by atoms with Crippen molar-refractivity contribution in [2.24, 2.45) is 23.7 Å². The molecule has 2 aliphatic carbocycles. The first-order valence-corrected chi connectivity index (χ1v) is 18.9. The van der Waals surface area contributed by atoms with Crippen LogP contribution in [0, 0.1) is 23.7 Å². The van der Waals surface area contributed by atoms with Crippen LogP contribution in [0.25, 0.3) is 0 Å². The molecule has 8 heteroatoms. The van der Waals surface area contributed by atoms with E-state index in [1.807, 2.05) is 34.6 Å². The Morgan fingerprint density at radius 1 is 0.568 bits per heavy atom. The minimum Gasteiger partial charge on any atom is -0.350 e. The highest BCUT2D eigenvalue weighted by Crippen LogP contribution is 2.61. The maximum absolute atomic E-state index is 13.6. The van der Waals surface area contributed by atoms with Crippen LogP contribution in [0.5, 0.6) is 0 Å². The Hall–Kier alpha value is 0.280. The molecule has 0 radical (unpaired) electrons. The first kappa shape index (κ1) is 42.3. The highest BCUT2D eigenvalue weighted by molar-refractivity contribution is 6.50. The van der Waals surface area contributed by atoms with Crippen molar-refractivity contribution >= 4 is 23.2 Å². The normalized spacial score (nSPS) is 21.8. The molecule has 0 bridgehead atoms. The predicted molar refractivity (Wildman–Crippen MR) is 182 cm³/mol. The Balaban J connectivity index is 0.000000440. The molecule has 4 nitrogen and oxygen atoms in total. The minimum absolute atomic E-state index is 0.0107. The van der Waals surface area contributed by atoms with E-state index < -0.39 is 27.7 Å². The van der Waals surface area contributed by atoms with Gasteiger partial charge < -0.3 is 18.9 Å². The average Bonchev–Trinajstić information content (AvgIpc) is 3.80. The van der Waals surface area contributed by atoms with Crippen molar-refractivity contribution in [1.82, 2.24) is 0 Å². The summed E-state index contributed by atoms with van der Waals surface area (Å²) < 4.78 is 50.2. The summed E-state index contributed by atoms with van der Waals surface area (Å²) in [4.78, 5) is 0. The van der Waals surface area contributed by atoms with Crippen molar-refractivity contribution in [3.8, 4) is 0 Å². The van der Waals surface area contributed by atoms with Crippen LogP contribution in [0.15, 0.2) is 0 Å². The van der Waals surface area contributed by atoms with E-state index in [0.717, 1.165) is 32.1 Å². The molecule has 2 saturated carbocycles. The number of unbranched alkanes of at least 4 members (excludes halogenated alkanes) is 10. The number of halogens is 4. The molecule has 0 saturated heterocycles. The van der Waals surface area contributed by atoms with Crippen molar-refractivity contribution in [2.45, 2.75) is 180 Å². The maximum Gasteiger partial charge on any atom is 0.252 e. The number of ether oxygens (including phenoxy) is 4. The second kappa shape index (κ2) is 21.3. The molecule has 44 heavy (non-hydrogen) atoms. The highest BCUT2D eigenvalue weighted by atomic mass is 35.5. The van der Waals surface area contributed by atoms with Gasteiger partial charge in [0.15, 0.2) is 11.6 Å². The van der Waals surface area contributed by atoms with E-state index in [4.69, 9.17) is 42.1 Å². The standard InChI is InChI=1S/C18H34Cl2O2.C18H34F2O2/c2*1-5-8-9-10-11-12-13-15(16-14-18(16,19)20)17(4,21-6-2)22-7-3/h2*15-16H,5-14H2,1-4H3. The van der Waals surface area contributed by atoms with Crippen LogP contribution in [0.4, 0.5) is 8.78 Å². The lowest BCUT2D eigenvalue weighted by atomic mass is 9.88. The van der Waals surface area contributed by atoms with Gasteiger partial charge in [0.05, 0.1) is 0 Å². The third-order valence-corrected chi connectivity index (χ3v) is 10.4. The van der Waals surface area contributed by atoms with E-state index in [0.29, 0.717) is 26.4 Å². The van der Waals surface area contributed by atoms with E-state index in [1.54, 1.807) is 0 Å². The summed E-state index contributed by atoms with van der Waals surface area (Å²) in [5.41, 5.74) is 0. The second-order valence-electron chi connectivity index (χ2n) is 13.2. The summed E-state index contributed by atoms with van der Waals surface area (Å²) in [6.45, 7) is 18.4. The number of alkyl halides is 4. The molecule has 2 fully saturated rings. The van der Waals surface area contributed by atoms with Crippen LogP contribution in [-0.4, -0.2) is 48.3 Å². The lowest BCUT2D eigenvalue weighted by Crippen LogP contribution is -2.43. The smallest absolute Gasteiger partial charge is 0.252 e. The van der Waals surface area contributed by atoms with E-state index in [1.165, 1.54) is 64.2 Å². The van der Waals surface area contributed by atoms with Gasteiger partial charge in [-0.2, -0.15) is 0 Å². The van der Waals surface area contributed by atoms with Gasteiger partial charge >= 0.3 is 0 Å². The Morgan fingerprint density at radius 2 is 0.864 bits per heavy atom. The van der Waals surface area contributed by atoms with Crippen LogP contribution in [0.2, 0.25) is 0 Å². The van der Waals surface area contributed by atoms with Crippen molar-refractivity contribution in [2.75, 3.05) is 26.4 Å². The molecule has 264 valence electrons. The Bertz CT molecular complexity index is 667. The fraction of sp³-hybridized carbons (Fsp3) is 1.00. The van der Waals surface area contributed by atoms with Gasteiger partial charge in [-0.15, -0.1) is 23.2 Å². The summed E-state index contributed by atoms with van der Waals surface area (Å²) in [5, 5.41) is 0. The molecular formula is C36H68Cl2F2O4. The van der Waals surface area contributed by atoms with E-state index in [9.17, 15) is 8.78 Å². The van der Waals surface area contributed by atoms with Gasteiger partial charge in [0, 0.05) is 56.5 Å². The lowest BCUT2D eigenvalue weighted by molar-refractivity contribution is -0.260. The largest absolute Gasteiger partial charge is 0.350 e. The predicted octanol–water partition coefficient (Wildman–Crippen LogP) is 12.1. The molecule has 0 aromatic carbocycles. The van der Waals surface area contributed by atoms with Crippen LogP contribution in [0.3, 0.4) is 0 Å². The Labute approximate surface area is 280 Å². The van der Waals surface area contributed by atoms with Crippen molar-refractivity contribution < 1.29 is 27.7 Å². The van der Waals surface area contributed by atoms with Crippen LogP contribution >= 0.6 is 23.2 Å². The molecule has 0 heterocycles. The summed E-state index contributed by atoms with van der Waals surface area (Å²) in [5.74, 6) is -4.20. The van der Waals surface area contributed by atoms with Crippen LogP contribution in [0.1, 0.15) is 158 Å². The zero-order valence-electron chi connectivity index (χ0n) is 29.6. The van der Waals surface area contributed by atoms with Gasteiger partial charge in [-0.3, -0.25) is 0 Å². The fourth-order valence-electron chi connectivity index (χ4n) is 6.95. The topological polar surface area (TPSA) is 36.9 Å². The molecular weight excluding hydrogens is 605 g/mol. The number of hydrogen-bond acceptors (Lipinski definition) is 4. The number of hydrogen-bond donors (Lipinski definition) is 0. The van der Waals surface area contributed by atoms with Crippen LogP contribution in [-0.2, 0) is 18.9 Å².